The van der Waals surface area contributed by atoms with Gasteiger partial charge in [0.15, 0.2) is 0 Å². The van der Waals surface area contributed by atoms with Crippen molar-refractivity contribution >= 4 is 23.8 Å². The maximum absolute atomic E-state index is 10.6. The van der Waals surface area contributed by atoms with E-state index in [1.807, 2.05) is 66.7 Å². The van der Waals surface area contributed by atoms with Crippen LogP contribution in [0.3, 0.4) is 0 Å². The Kier molecular flexibility index (Phi) is 4.34. The summed E-state index contributed by atoms with van der Waals surface area (Å²) in [4.78, 5) is 10.6. The number of aliphatic carboxylic acids is 1. The molecule has 3 heteroatoms. The maximum Gasteiger partial charge on any atom is 0.322 e. The van der Waals surface area contributed by atoms with Crippen LogP contribution in [-0.4, -0.2) is 17.6 Å². The minimum atomic E-state index is -0.873. The molecule has 0 aliphatic carbocycles. The summed E-state index contributed by atoms with van der Waals surface area (Å²) in [7, 11) is 0. The lowest BCUT2D eigenvalue weighted by molar-refractivity contribution is -0.134. The minimum absolute atomic E-state index is 0.0871. The van der Waals surface area contributed by atoms with E-state index in [1.54, 1.807) is 0 Å². The first-order valence-corrected chi connectivity index (χ1v) is 6.03. The third kappa shape index (κ3) is 4.00. The van der Waals surface area contributed by atoms with Gasteiger partial charge in [0.1, 0.15) is 6.54 Å². The number of hydrogen-bond acceptors (Lipinski definition) is 2. The molecule has 0 atom stereocenters. The topological polar surface area (TPSA) is 49.3 Å². The van der Waals surface area contributed by atoms with E-state index < -0.39 is 5.97 Å². The third-order valence-corrected chi connectivity index (χ3v) is 2.65. The summed E-state index contributed by atoms with van der Waals surface area (Å²) in [5.41, 5.74) is 2.89. The minimum Gasteiger partial charge on any atom is -0.480 e. The Balaban J connectivity index is 2.16. The predicted octanol–water partition coefficient (Wildman–Crippen LogP) is 3.35. The van der Waals surface area contributed by atoms with Gasteiger partial charge in [-0.3, -0.25) is 4.79 Å². The Bertz CT molecular complexity index is 576. The number of carbonyl (C=O) groups is 1. The van der Waals surface area contributed by atoms with Crippen molar-refractivity contribution in [2.45, 2.75) is 0 Å². The van der Waals surface area contributed by atoms with Crippen LogP contribution in [-0.2, 0) is 4.79 Å². The van der Waals surface area contributed by atoms with Gasteiger partial charge in [-0.1, -0.05) is 60.7 Å². The number of nitrogens with one attached hydrogen (secondary N) is 1. The van der Waals surface area contributed by atoms with E-state index in [2.05, 4.69) is 5.32 Å². The molecule has 0 aromatic heterocycles. The van der Waals surface area contributed by atoms with Crippen LogP contribution < -0.4 is 5.32 Å². The molecule has 2 N–H and O–H groups in total. The number of benzene rings is 2. The first-order chi connectivity index (χ1) is 9.25. The smallest absolute Gasteiger partial charge is 0.322 e. The molecule has 0 aliphatic heterocycles. The molecule has 0 spiro atoms. The standard InChI is InChI=1S/C16H15NO2/c18-16(19)12-17-15-9-5-4-8-14(15)11-10-13-6-2-1-3-7-13/h1-11,17H,12H2,(H,18,19)/b11-10+. The van der Waals surface area contributed by atoms with Gasteiger partial charge in [-0.25, -0.2) is 0 Å². The monoisotopic (exact) mass is 253 g/mol. The third-order valence-electron chi connectivity index (χ3n) is 2.65. The fraction of sp³-hybridized carbons (Fsp3) is 0.0625. The van der Waals surface area contributed by atoms with E-state index in [0.29, 0.717) is 0 Å². The Morgan fingerprint density at radius 3 is 2.42 bits per heavy atom. The van der Waals surface area contributed by atoms with Gasteiger partial charge in [-0.05, 0) is 17.2 Å². The van der Waals surface area contributed by atoms with Crippen molar-refractivity contribution in [3.63, 3.8) is 0 Å². The first-order valence-electron chi connectivity index (χ1n) is 6.03. The number of carboxylic acid groups (broad SMARTS) is 1. The van der Waals surface area contributed by atoms with Crippen LogP contribution in [0.4, 0.5) is 5.69 Å². The van der Waals surface area contributed by atoms with Gasteiger partial charge in [-0.2, -0.15) is 0 Å². The highest BCUT2D eigenvalue weighted by atomic mass is 16.4. The average Bonchev–Trinajstić information content (AvgIpc) is 2.45. The fourth-order valence-electron chi connectivity index (χ4n) is 1.72. The zero-order valence-corrected chi connectivity index (χ0v) is 10.4. The molecule has 0 heterocycles. The molecule has 0 saturated heterocycles. The number of para-hydroxylation sites is 1. The summed E-state index contributed by atoms with van der Waals surface area (Å²) >= 11 is 0. The molecule has 0 unspecified atom stereocenters. The van der Waals surface area contributed by atoms with Crippen LogP contribution in [0.15, 0.2) is 54.6 Å². The molecular formula is C16H15NO2. The van der Waals surface area contributed by atoms with Crippen molar-refractivity contribution in [2.75, 3.05) is 11.9 Å². The molecule has 3 nitrogen and oxygen atoms in total. The number of carboxylic acids is 1. The zero-order chi connectivity index (χ0) is 13.5. The molecule has 0 radical (unpaired) electrons. The predicted molar refractivity (Wildman–Crippen MR) is 77.9 cm³/mol. The van der Waals surface area contributed by atoms with Crippen LogP contribution >= 0.6 is 0 Å². The van der Waals surface area contributed by atoms with E-state index in [-0.39, 0.29) is 6.54 Å². The molecule has 0 saturated carbocycles. The highest BCUT2D eigenvalue weighted by Crippen LogP contribution is 2.17. The van der Waals surface area contributed by atoms with E-state index >= 15 is 0 Å². The van der Waals surface area contributed by atoms with Crippen molar-refractivity contribution in [3.05, 3.63) is 65.7 Å². The van der Waals surface area contributed by atoms with Crippen molar-refractivity contribution in [1.82, 2.24) is 0 Å². The molecule has 2 aromatic carbocycles. The van der Waals surface area contributed by atoms with Crippen LogP contribution in [0.25, 0.3) is 12.2 Å². The Hall–Kier alpha value is -2.55. The second-order valence-electron chi connectivity index (χ2n) is 4.08. The molecule has 0 bridgehead atoms. The average molecular weight is 253 g/mol. The van der Waals surface area contributed by atoms with Gasteiger partial charge in [0.25, 0.3) is 0 Å². The van der Waals surface area contributed by atoms with Crippen molar-refractivity contribution in [2.24, 2.45) is 0 Å². The van der Waals surface area contributed by atoms with Gasteiger partial charge >= 0.3 is 5.97 Å². The van der Waals surface area contributed by atoms with Crippen molar-refractivity contribution < 1.29 is 9.90 Å². The number of hydrogen-bond donors (Lipinski definition) is 2. The normalized spacial score (nSPS) is 10.5. The van der Waals surface area contributed by atoms with Crippen molar-refractivity contribution in [3.8, 4) is 0 Å². The van der Waals surface area contributed by atoms with Gasteiger partial charge < -0.3 is 10.4 Å². The lowest BCUT2D eigenvalue weighted by Crippen LogP contribution is -2.12. The molecule has 96 valence electrons. The van der Waals surface area contributed by atoms with E-state index in [9.17, 15) is 4.79 Å². The quantitative estimate of drug-likeness (QED) is 0.803. The lowest BCUT2D eigenvalue weighted by atomic mass is 10.1. The molecule has 19 heavy (non-hydrogen) atoms. The lowest BCUT2D eigenvalue weighted by Gasteiger charge is -2.07. The van der Waals surface area contributed by atoms with Gasteiger partial charge in [0, 0.05) is 5.69 Å². The maximum atomic E-state index is 10.6. The summed E-state index contributed by atoms with van der Waals surface area (Å²) in [6, 6.07) is 17.6. The molecular weight excluding hydrogens is 238 g/mol. The second kappa shape index (κ2) is 6.40. The van der Waals surface area contributed by atoms with Gasteiger partial charge in [0.2, 0.25) is 0 Å². The first kappa shape index (κ1) is 12.9. The van der Waals surface area contributed by atoms with Crippen LogP contribution in [0.1, 0.15) is 11.1 Å². The zero-order valence-electron chi connectivity index (χ0n) is 10.4. The van der Waals surface area contributed by atoms with Crippen LogP contribution in [0.2, 0.25) is 0 Å². The Morgan fingerprint density at radius 2 is 1.68 bits per heavy atom. The molecule has 0 aliphatic rings. The Morgan fingerprint density at radius 1 is 1.00 bits per heavy atom. The van der Waals surface area contributed by atoms with Gasteiger partial charge in [-0.15, -0.1) is 0 Å². The molecule has 2 aromatic rings. The van der Waals surface area contributed by atoms with E-state index in [0.717, 1.165) is 16.8 Å². The summed E-state index contributed by atoms with van der Waals surface area (Å²) in [5.74, 6) is -0.873. The number of rotatable bonds is 5. The summed E-state index contributed by atoms with van der Waals surface area (Å²) < 4.78 is 0. The highest BCUT2D eigenvalue weighted by molar-refractivity contribution is 5.79. The second-order valence-corrected chi connectivity index (χ2v) is 4.08. The molecule has 0 fully saturated rings. The van der Waals surface area contributed by atoms with Crippen LogP contribution in [0, 0.1) is 0 Å². The number of anilines is 1. The van der Waals surface area contributed by atoms with E-state index in [1.165, 1.54) is 0 Å². The summed E-state index contributed by atoms with van der Waals surface area (Å²) in [6.07, 6.45) is 3.97. The largest absolute Gasteiger partial charge is 0.480 e. The van der Waals surface area contributed by atoms with Crippen LogP contribution in [0.5, 0.6) is 0 Å². The highest BCUT2D eigenvalue weighted by Gasteiger charge is 2.00. The van der Waals surface area contributed by atoms with Crippen molar-refractivity contribution in [1.29, 1.82) is 0 Å². The SMILES string of the molecule is O=C(O)CNc1ccccc1/C=C/c1ccccc1. The van der Waals surface area contributed by atoms with E-state index in [4.69, 9.17) is 5.11 Å². The molecule has 2 rings (SSSR count). The fourth-order valence-corrected chi connectivity index (χ4v) is 1.72. The summed E-state index contributed by atoms with van der Waals surface area (Å²) in [6.45, 7) is -0.0871. The van der Waals surface area contributed by atoms with Gasteiger partial charge in [0.05, 0.1) is 0 Å². The Labute approximate surface area is 112 Å². The summed E-state index contributed by atoms with van der Waals surface area (Å²) in [5, 5.41) is 11.6. The molecule has 0 amide bonds.